The van der Waals surface area contributed by atoms with Gasteiger partial charge in [0.05, 0.1) is 0 Å². The summed E-state index contributed by atoms with van der Waals surface area (Å²) in [6, 6.07) is 12.2. The number of thiophene rings is 1. The van der Waals surface area contributed by atoms with Crippen molar-refractivity contribution in [2.75, 3.05) is 6.54 Å². The average molecular weight is 266 g/mol. The Balaban J connectivity index is 2.34. The van der Waals surface area contributed by atoms with E-state index in [0.717, 1.165) is 17.0 Å². The molecular formula is C14H16ClNS. The lowest BCUT2D eigenvalue weighted by Crippen LogP contribution is -2.34. The molecule has 1 atom stereocenters. The largest absolute Gasteiger partial charge is 0.330 e. The van der Waals surface area contributed by atoms with Crippen molar-refractivity contribution in [3.8, 4) is 0 Å². The summed E-state index contributed by atoms with van der Waals surface area (Å²) < 4.78 is 0. The van der Waals surface area contributed by atoms with Gasteiger partial charge in [0.25, 0.3) is 0 Å². The van der Waals surface area contributed by atoms with Crippen LogP contribution in [0.15, 0.2) is 41.8 Å². The molecule has 2 N–H and O–H groups in total. The summed E-state index contributed by atoms with van der Waals surface area (Å²) >= 11 is 8.04. The molecule has 1 aromatic carbocycles. The first kappa shape index (κ1) is 12.6. The number of hydrogen-bond acceptors (Lipinski definition) is 2. The smallest absolute Gasteiger partial charge is 0.0444 e. The van der Waals surface area contributed by atoms with Crippen LogP contribution < -0.4 is 5.73 Å². The van der Waals surface area contributed by atoms with Crippen molar-refractivity contribution < 1.29 is 0 Å². The zero-order chi connectivity index (χ0) is 12.3. The Morgan fingerprint density at radius 1 is 1.24 bits per heavy atom. The Bertz CT molecular complexity index is 481. The van der Waals surface area contributed by atoms with E-state index in [4.69, 9.17) is 17.3 Å². The number of nitrogens with two attached hydrogens (primary N) is 1. The van der Waals surface area contributed by atoms with Crippen LogP contribution in [0, 0.1) is 0 Å². The number of rotatable bonds is 4. The predicted molar refractivity (Wildman–Crippen MR) is 75.9 cm³/mol. The molecule has 17 heavy (non-hydrogen) atoms. The second-order valence-electron chi connectivity index (χ2n) is 4.50. The maximum Gasteiger partial charge on any atom is 0.0444 e. The molecule has 0 amide bonds. The topological polar surface area (TPSA) is 26.0 Å². The van der Waals surface area contributed by atoms with Crippen LogP contribution in [0.1, 0.15) is 17.4 Å². The molecule has 1 nitrogen and oxygen atoms in total. The Morgan fingerprint density at radius 3 is 2.59 bits per heavy atom. The molecule has 0 spiro atoms. The fraction of sp³-hybridized carbons (Fsp3) is 0.286. The van der Waals surface area contributed by atoms with Gasteiger partial charge in [0.15, 0.2) is 0 Å². The average Bonchev–Trinajstić information content (AvgIpc) is 2.82. The lowest BCUT2D eigenvalue weighted by Gasteiger charge is -2.29. The molecule has 0 radical (unpaired) electrons. The van der Waals surface area contributed by atoms with Crippen LogP contribution in [0.2, 0.25) is 5.02 Å². The summed E-state index contributed by atoms with van der Waals surface area (Å²) in [6.45, 7) is 2.77. The molecule has 0 fully saturated rings. The molecule has 3 heteroatoms. The summed E-state index contributed by atoms with van der Waals surface area (Å²) in [5, 5.41) is 2.90. The minimum atomic E-state index is -0.0941. The third-order valence-corrected chi connectivity index (χ3v) is 4.33. The highest BCUT2D eigenvalue weighted by Gasteiger charge is 2.27. The molecular weight excluding hydrogens is 250 g/mol. The van der Waals surface area contributed by atoms with Crippen LogP contribution in [0.4, 0.5) is 0 Å². The van der Waals surface area contributed by atoms with Gasteiger partial charge < -0.3 is 5.73 Å². The molecule has 0 aliphatic heterocycles. The Labute approximate surface area is 111 Å². The predicted octanol–water partition coefficient (Wildman–Crippen LogP) is 3.86. The zero-order valence-corrected chi connectivity index (χ0v) is 11.4. The van der Waals surface area contributed by atoms with E-state index in [9.17, 15) is 0 Å². The molecule has 0 aliphatic rings. The SMILES string of the molecule is CC(CN)(Cc1cccs1)c1ccccc1Cl. The van der Waals surface area contributed by atoms with Crippen LogP contribution in [0.5, 0.6) is 0 Å². The molecule has 1 aromatic heterocycles. The summed E-state index contributed by atoms with van der Waals surface area (Å²) in [5.74, 6) is 0. The van der Waals surface area contributed by atoms with E-state index in [1.807, 2.05) is 18.2 Å². The number of hydrogen-bond donors (Lipinski definition) is 1. The standard InChI is InChI=1S/C14H16ClNS/c1-14(10-16,9-11-5-4-8-17-11)12-6-2-3-7-13(12)15/h2-8H,9-10,16H2,1H3. The monoisotopic (exact) mass is 265 g/mol. The fourth-order valence-electron chi connectivity index (χ4n) is 2.03. The van der Waals surface area contributed by atoms with E-state index in [1.165, 1.54) is 4.88 Å². The first-order valence-corrected chi connectivity index (χ1v) is 6.89. The van der Waals surface area contributed by atoms with Gasteiger partial charge in [-0.3, -0.25) is 0 Å². The summed E-state index contributed by atoms with van der Waals surface area (Å²) in [7, 11) is 0. The van der Waals surface area contributed by atoms with E-state index < -0.39 is 0 Å². The molecule has 2 aromatic rings. The highest BCUT2D eigenvalue weighted by atomic mass is 35.5. The van der Waals surface area contributed by atoms with Gasteiger partial charge in [0, 0.05) is 21.9 Å². The van der Waals surface area contributed by atoms with Gasteiger partial charge in [-0.25, -0.2) is 0 Å². The molecule has 90 valence electrons. The molecule has 1 heterocycles. The van der Waals surface area contributed by atoms with Crippen molar-refractivity contribution in [3.63, 3.8) is 0 Å². The van der Waals surface area contributed by atoms with Gasteiger partial charge in [0.2, 0.25) is 0 Å². The molecule has 0 saturated carbocycles. The van der Waals surface area contributed by atoms with Crippen molar-refractivity contribution in [1.29, 1.82) is 0 Å². The Kier molecular flexibility index (Phi) is 3.87. The van der Waals surface area contributed by atoms with E-state index in [2.05, 4.69) is 30.5 Å². The van der Waals surface area contributed by atoms with E-state index in [0.29, 0.717) is 6.54 Å². The first-order valence-electron chi connectivity index (χ1n) is 5.63. The summed E-state index contributed by atoms with van der Waals surface area (Å²) in [5.41, 5.74) is 7.01. The lowest BCUT2D eigenvalue weighted by molar-refractivity contribution is 0.485. The van der Waals surface area contributed by atoms with E-state index in [1.54, 1.807) is 11.3 Å². The van der Waals surface area contributed by atoms with Crippen LogP contribution >= 0.6 is 22.9 Å². The lowest BCUT2D eigenvalue weighted by atomic mass is 9.79. The van der Waals surface area contributed by atoms with Gasteiger partial charge in [-0.15, -0.1) is 11.3 Å². The highest BCUT2D eigenvalue weighted by molar-refractivity contribution is 7.09. The summed E-state index contributed by atoms with van der Waals surface area (Å²) in [6.07, 6.45) is 0.935. The van der Waals surface area contributed by atoms with Crippen molar-refractivity contribution in [2.24, 2.45) is 5.73 Å². The molecule has 2 rings (SSSR count). The van der Waals surface area contributed by atoms with Crippen molar-refractivity contribution in [1.82, 2.24) is 0 Å². The van der Waals surface area contributed by atoms with Gasteiger partial charge in [-0.2, -0.15) is 0 Å². The normalized spacial score (nSPS) is 14.5. The van der Waals surface area contributed by atoms with Crippen molar-refractivity contribution >= 4 is 22.9 Å². The molecule has 0 aliphatic carbocycles. The van der Waals surface area contributed by atoms with Gasteiger partial charge >= 0.3 is 0 Å². The second-order valence-corrected chi connectivity index (χ2v) is 5.94. The third-order valence-electron chi connectivity index (χ3n) is 3.12. The number of halogens is 1. The van der Waals surface area contributed by atoms with Crippen LogP contribution in [0.3, 0.4) is 0 Å². The molecule has 1 unspecified atom stereocenters. The van der Waals surface area contributed by atoms with Crippen LogP contribution in [-0.4, -0.2) is 6.54 Å². The summed E-state index contributed by atoms with van der Waals surface area (Å²) in [4.78, 5) is 1.35. The van der Waals surface area contributed by atoms with Gasteiger partial charge in [0.1, 0.15) is 0 Å². The first-order chi connectivity index (χ1) is 8.15. The van der Waals surface area contributed by atoms with Gasteiger partial charge in [-0.1, -0.05) is 42.8 Å². The minimum Gasteiger partial charge on any atom is -0.330 e. The quantitative estimate of drug-likeness (QED) is 0.893. The third kappa shape index (κ3) is 2.71. The van der Waals surface area contributed by atoms with E-state index >= 15 is 0 Å². The highest BCUT2D eigenvalue weighted by Crippen LogP contribution is 2.33. The maximum absolute atomic E-state index is 6.28. The van der Waals surface area contributed by atoms with Crippen LogP contribution in [0.25, 0.3) is 0 Å². The zero-order valence-electron chi connectivity index (χ0n) is 9.82. The molecule has 0 bridgehead atoms. The minimum absolute atomic E-state index is 0.0941. The fourth-order valence-corrected chi connectivity index (χ4v) is 3.28. The Hall–Kier alpha value is -0.830. The van der Waals surface area contributed by atoms with Gasteiger partial charge in [-0.05, 0) is 29.5 Å². The van der Waals surface area contributed by atoms with Crippen molar-refractivity contribution in [2.45, 2.75) is 18.8 Å². The molecule has 0 saturated heterocycles. The Morgan fingerprint density at radius 2 is 2.00 bits per heavy atom. The maximum atomic E-state index is 6.28. The van der Waals surface area contributed by atoms with Crippen molar-refractivity contribution in [3.05, 3.63) is 57.2 Å². The van der Waals surface area contributed by atoms with E-state index in [-0.39, 0.29) is 5.41 Å². The second kappa shape index (κ2) is 5.21. The van der Waals surface area contributed by atoms with Crippen LogP contribution in [-0.2, 0) is 11.8 Å². The number of benzene rings is 1.